The van der Waals surface area contributed by atoms with E-state index >= 15 is 0 Å². The fraction of sp³-hybridized carbons (Fsp3) is 0.222. The van der Waals surface area contributed by atoms with E-state index in [1.165, 1.54) is 32.4 Å². The molecule has 0 amide bonds. The Labute approximate surface area is 144 Å². The molecule has 2 aromatic rings. The summed E-state index contributed by atoms with van der Waals surface area (Å²) in [6.45, 7) is -0.896. The number of phenolic OH excluding ortho intramolecular Hbond substituents is 1. The third kappa shape index (κ3) is 4.87. The van der Waals surface area contributed by atoms with Gasteiger partial charge >= 0.3 is 5.97 Å². The monoisotopic (exact) mass is 346 g/mol. The summed E-state index contributed by atoms with van der Waals surface area (Å²) in [5, 5.41) is 9.54. The highest BCUT2D eigenvalue weighted by Crippen LogP contribution is 2.25. The zero-order valence-electron chi connectivity index (χ0n) is 13.9. The van der Waals surface area contributed by atoms with Crippen LogP contribution in [0.5, 0.6) is 23.0 Å². The molecule has 0 saturated heterocycles. The van der Waals surface area contributed by atoms with Crippen molar-refractivity contribution in [1.29, 1.82) is 0 Å². The summed E-state index contributed by atoms with van der Waals surface area (Å²) in [5.74, 6) is -0.275. The van der Waals surface area contributed by atoms with Crippen LogP contribution in [0.2, 0.25) is 0 Å². The van der Waals surface area contributed by atoms with Crippen molar-refractivity contribution in [3.8, 4) is 23.0 Å². The second-order valence-electron chi connectivity index (χ2n) is 4.91. The molecule has 0 atom stereocenters. The van der Waals surface area contributed by atoms with E-state index in [0.29, 0.717) is 11.5 Å². The second kappa shape index (κ2) is 8.58. The van der Waals surface area contributed by atoms with Crippen LogP contribution < -0.4 is 14.2 Å². The molecule has 0 aliphatic heterocycles. The number of hydrogen-bond donors (Lipinski definition) is 1. The van der Waals surface area contributed by atoms with Gasteiger partial charge in [0.1, 0.15) is 11.5 Å². The van der Waals surface area contributed by atoms with Crippen LogP contribution >= 0.6 is 0 Å². The zero-order chi connectivity index (χ0) is 18.2. The molecule has 2 aromatic carbocycles. The molecule has 0 aliphatic carbocycles. The minimum absolute atomic E-state index is 0.0903. The molecule has 0 aromatic heterocycles. The van der Waals surface area contributed by atoms with Gasteiger partial charge in [-0.15, -0.1) is 0 Å². The van der Waals surface area contributed by atoms with E-state index in [0.717, 1.165) is 0 Å². The van der Waals surface area contributed by atoms with Crippen molar-refractivity contribution < 1.29 is 33.6 Å². The molecule has 0 heterocycles. The largest absolute Gasteiger partial charge is 0.504 e. The number of ether oxygens (including phenoxy) is 4. The highest BCUT2D eigenvalue weighted by Gasteiger charge is 2.16. The smallest absolute Gasteiger partial charge is 0.344 e. The Bertz CT molecular complexity index is 755. The van der Waals surface area contributed by atoms with Crippen molar-refractivity contribution in [1.82, 2.24) is 0 Å². The van der Waals surface area contributed by atoms with Crippen molar-refractivity contribution in [2.75, 3.05) is 27.4 Å². The number of carbonyl (C=O) groups excluding carboxylic acids is 2. The van der Waals surface area contributed by atoms with Crippen LogP contribution in [0.3, 0.4) is 0 Å². The van der Waals surface area contributed by atoms with Crippen LogP contribution in [-0.4, -0.2) is 44.3 Å². The number of benzene rings is 2. The number of hydrogen-bond acceptors (Lipinski definition) is 7. The maximum atomic E-state index is 12.2. The molecule has 2 rings (SSSR count). The maximum Gasteiger partial charge on any atom is 0.344 e. The van der Waals surface area contributed by atoms with Gasteiger partial charge in [0.2, 0.25) is 5.78 Å². The van der Waals surface area contributed by atoms with Gasteiger partial charge in [-0.05, 0) is 30.3 Å². The topological polar surface area (TPSA) is 91.3 Å². The van der Waals surface area contributed by atoms with Gasteiger partial charge < -0.3 is 24.1 Å². The highest BCUT2D eigenvalue weighted by molar-refractivity contribution is 6.00. The van der Waals surface area contributed by atoms with Crippen molar-refractivity contribution in [2.45, 2.75) is 0 Å². The lowest BCUT2D eigenvalue weighted by Crippen LogP contribution is -2.20. The first kappa shape index (κ1) is 18.1. The van der Waals surface area contributed by atoms with Gasteiger partial charge in [-0.2, -0.15) is 0 Å². The SMILES string of the molecule is COc1ccc(OC)c(C(=O)COC(=O)COc2ccccc2O)c1. The Kier molecular flexibility index (Phi) is 6.22. The number of aromatic hydroxyl groups is 1. The number of esters is 1. The summed E-state index contributed by atoms with van der Waals surface area (Å²) >= 11 is 0. The van der Waals surface area contributed by atoms with Crippen molar-refractivity contribution in [3.05, 3.63) is 48.0 Å². The number of ketones is 1. The molecule has 0 unspecified atom stereocenters. The van der Waals surface area contributed by atoms with E-state index < -0.39 is 25.0 Å². The molecular formula is C18H18O7. The van der Waals surface area contributed by atoms with E-state index in [4.69, 9.17) is 18.9 Å². The minimum Gasteiger partial charge on any atom is -0.504 e. The van der Waals surface area contributed by atoms with Gasteiger partial charge in [-0.25, -0.2) is 4.79 Å². The van der Waals surface area contributed by atoms with Crippen molar-refractivity contribution >= 4 is 11.8 Å². The van der Waals surface area contributed by atoms with E-state index in [-0.39, 0.29) is 17.1 Å². The summed E-state index contributed by atoms with van der Waals surface area (Å²) in [7, 11) is 2.91. The van der Waals surface area contributed by atoms with Crippen LogP contribution in [0.1, 0.15) is 10.4 Å². The Morgan fingerprint density at radius 3 is 2.40 bits per heavy atom. The Morgan fingerprint density at radius 2 is 1.72 bits per heavy atom. The summed E-state index contributed by atoms with van der Waals surface area (Å²) in [5.41, 5.74) is 0.247. The Hall–Kier alpha value is -3.22. The standard InChI is InChI=1S/C18H18O7/c1-22-12-7-8-16(23-2)13(9-12)15(20)10-25-18(21)11-24-17-6-4-3-5-14(17)19/h3-9,19H,10-11H2,1-2H3. The van der Waals surface area contributed by atoms with Gasteiger partial charge in [0, 0.05) is 0 Å². The lowest BCUT2D eigenvalue weighted by Gasteiger charge is -2.10. The zero-order valence-corrected chi connectivity index (χ0v) is 13.9. The van der Waals surface area contributed by atoms with Crippen LogP contribution in [0.25, 0.3) is 0 Å². The van der Waals surface area contributed by atoms with Gasteiger partial charge in [-0.3, -0.25) is 4.79 Å². The van der Waals surface area contributed by atoms with E-state index in [9.17, 15) is 14.7 Å². The fourth-order valence-corrected chi connectivity index (χ4v) is 2.01. The number of rotatable bonds is 8. The number of carbonyl (C=O) groups is 2. The van der Waals surface area contributed by atoms with E-state index in [2.05, 4.69) is 0 Å². The number of para-hydroxylation sites is 2. The Morgan fingerprint density at radius 1 is 0.960 bits per heavy atom. The molecule has 0 fully saturated rings. The predicted octanol–water partition coefficient (Wildman–Crippen LogP) is 2.21. The normalized spacial score (nSPS) is 10.0. The van der Waals surface area contributed by atoms with Crippen molar-refractivity contribution in [2.24, 2.45) is 0 Å². The highest BCUT2D eigenvalue weighted by atomic mass is 16.6. The predicted molar refractivity (Wildman–Crippen MR) is 88.4 cm³/mol. The van der Waals surface area contributed by atoms with Crippen LogP contribution in [0.15, 0.2) is 42.5 Å². The van der Waals surface area contributed by atoms with E-state index in [1.54, 1.807) is 24.3 Å². The summed E-state index contributed by atoms with van der Waals surface area (Å²) in [6, 6.07) is 11.0. The molecule has 0 aliphatic rings. The fourth-order valence-electron chi connectivity index (χ4n) is 2.01. The van der Waals surface area contributed by atoms with Crippen LogP contribution in [-0.2, 0) is 9.53 Å². The summed E-state index contributed by atoms with van der Waals surface area (Å²) in [6.07, 6.45) is 0. The number of phenols is 1. The Balaban J connectivity index is 1.91. The van der Waals surface area contributed by atoms with Gasteiger partial charge in [0.25, 0.3) is 0 Å². The lowest BCUT2D eigenvalue weighted by atomic mass is 10.1. The number of Topliss-reactive ketones (excluding diaryl/α,β-unsaturated/α-hetero) is 1. The van der Waals surface area contributed by atoms with Gasteiger partial charge in [0.15, 0.2) is 24.7 Å². The van der Waals surface area contributed by atoms with Crippen LogP contribution in [0, 0.1) is 0 Å². The second-order valence-corrected chi connectivity index (χ2v) is 4.91. The minimum atomic E-state index is -0.738. The molecule has 132 valence electrons. The summed E-state index contributed by atoms with van der Waals surface area (Å²) in [4.78, 5) is 23.9. The third-order valence-electron chi connectivity index (χ3n) is 3.28. The average molecular weight is 346 g/mol. The molecule has 0 bridgehead atoms. The number of methoxy groups -OCH3 is 2. The molecule has 0 spiro atoms. The molecule has 1 N–H and O–H groups in total. The first-order chi connectivity index (χ1) is 12.0. The molecule has 7 nitrogen and oxygen atoms in total. The van der Waals surface area contributed by atoms with Gasteiger partial charge in [0.05, 0.1) is 19.8 Å². The quantitative estimate of drug-likeness (QED) is 0.579. The molecular weight excluding hydrogens is 328 g/mol. The molecule has 0 radical (unpaired) electrons. The van der Waals surface area contributed by atoms with Crippen molar-refractivity contribution in [3.63, 3.8) is 0 Å². The average Bonchev–Trinajstić information content (AvgIpc) is 2.64. The van der Waals surface area contributed by atoms with Gasteiger partial charge in [-0.1, -0.05) is 12.1 Å². The molecule has 7 heteroatoms. The maximum absolute atomic E-state index is 12.2. The van der Waals surface area contributed by atoms with E-state index in [1.807, 2.05) is 0 Å². The third-order valence-corrected chi connectivity index (χ3v) is 3.28. The lowest BCUT2D eigenvalue weighted by molar-refractivity contribution is -0.144. The first-order valence-electron chi connectivity index (χ1n) is 7.36. The molecule has 0 saturated carbocycles. The summed E-state index contributed by atoms with van der Waals surface area (Å²) < 4.78 is 20.2. The first-order valence-corrected chi connectivity index (χ1v) is 7.36. The van der Waals surface area contributed by atoms with Crippen LogP contribution in [0.4, 0.5) is 0 Å². The molecule has 25 heavy (non-hydrogen) atoms.